The molecule has 1 heterocycles. The quantitative estimate of drug-likeness (QED) is 0.800. The molecule has 0 unspecified atom stereocenters. The van der Waals surface area contributed by atoms with Crippen LogP contribution in [0.15, 0.2) is 30.3 Å². The van der Waals surface area contributed by atoms with E-state index in [1.165, 1.54) is 37.7 Å². The van der Waals surface area contributed by atoms with Gasteiger partial charge in [-0.2, -0.15) is 0 Å². The van der Waals surface area contributed by atoms with Crippen LogP contribution < -0.4 is 0 Å². The number of likely N-dealkylation sites (tertiary alicyclic amines) is 1. The van der Waals surface area contributed by atoms with E-state index in [1.807, 2.05) is 0 Å². The zero-order chi connectivity index (χ0) is 13.8. The molecule has 108 valence electrons. The number of benzene rings is 1. The van der Waals surface area contributed by atoms with Crippen LogP contribution in [0.1, 0.15) is 44.1 Å². The lowest BCUT2D eigenvalue weighted by Crippen LogP contribution is -2.40. The van der Waals surface area contributed by atoms with E-state index >= 15 is 0 Å². The Morgan fingerprint density at radius 1 is 1.10 bits per heavy atom. The molecule has 2 nitrogen and oxygen atoms in total. The summed E-state index contributed by atoms with van der Waals surface area (Å²) in [6.45, 7) is 1.99. The van der Waals surface area contributed by atoms with E-state index in [9.17, 15) is 4.79 Å². The number of hydrogen-bond acceptors (Lipinski definition) is 1. The van der Waals surface area contributed by atoms with Crippen LogP contribution in [0.3, 0.4) is 0 Å². The second-order valence-corrected chi connectivity index (χ2v) is 6.52. The second kappa shape index (κ2) is 6.43. The van der Waals surface area contributed by atoms with Gasteiger partial charge in [-0.3, -0.25) is 4.79 Å². The Balaban J connectivity index is 1.46. The molecule has 1 saturated heterocycles. The molecule has 0 radical (unpaired) electrons. The monoisotopic (exact) mass is 271 g/mol. The average molecular weight is 271 g/mol. The summed E-state index contributed by atoms with van der Waals surface area (Å²) in [6, 6.07) is 10.7. The molecule has 2 fully saturated rings. The molecular formula is C18H25NO. The molecule has 2 aliphatic rings. The highest BCUT2D eigenvalue weighted by molar-refractivity contribution is 5.76. The van der Waals surface area contributed by atoms with Crippen LogP contribution in [0.25, 0.3) is 0 Å². The summed E-state index contributed by atoms with van der Waals surface area (Å²) in [5.74, 6) is 1.83. The van der Waals surface area contributed by atoms with Crippen LogP contribution >= 0.6 is 0 Å². The zero-order valence-corrected chi connectivity index (χ0v) is 12.3. The highest BCUT2D eigenvalue weighted by Crippen LogP contribution is 2.33. The van der Waals surface area contributed by atoms with Gasteiger partial charge in [0.05, 0.1) is 0 Å². The van der Waals surface area contributed by atoms with Gasteiger partial charge in [-0.25, -0.2) is 0 Å². The van der Waals surface area contributed by atoms with Crippen LogP contribution in [0, 0.1) is 11.8 Å². The fourth-order valence-electron chi connectivity index (χ4n) is 3.24. The summed E-state index contributed by atoms with van der Waals surface area (Å²) in [6.07, 6.45) is 8.21. The highest BCUT2D eigenvalue weighted by atomic mass is 16.2. The first-order chi connectivity index (χ1) is 9.81. The van der Waals surface area contributed by atoms with Crippen LogP contribution in [0.5, 0.6) is 0 Å². The lowest BCUT2D eigenvalue weighted by Gasteiger charge is -2.33. The number of nitrogens with zero attached hydrogens (tertiary/aromatic N) is 1. The Morgan fingerprint density at radius 3 is 2.65 bits per heavy atom. The standard InChI is InChI=1S/C18H25NO/c20-18(13-16-9-10-16)19-12-4-7-17(14-19)11-8-15-5-2-1-3-6-15/h1-3,5-6,16-17H,4,7-14H2/t17-/m0/s1. The Bertz CT molecular complexity index is 438. The third kappa shape index (κ3) is 3.84. The van der Waals surface area contributed by atoms with E-state index in [4.69, 9.17) is 0 Å². The van der Waals surface area contributed by atoms with Crippen molar-refractivity contribution >= 4 is 5.91 Å². The third-order valence-corrected chi connectivity index (χ3v) is 4.72. The first kappa shape index (κ1) is 13.7. The van der Waals surface area contributed by atoms with Gasteiger partial charge >= 0.3 is 0 Å². The molecule has 0 bridgehead atoms. The number of hydrogen-bond donors (Lipinski definition) is 0. The van der Waals surface area contributed by atoms with Crippen molar-refractivity contribution in [1.29, 1.82) is 0 Å². The number of aryl methyl sites for hydroxylation is 1. The van der Waals surface area contributed by atoms with Crippen molar-refractivity contribution in [3.05, 3.63) is 35.9 Å². The predicted molar refractivity (Wildman–Crippen MR) is 81.4 cm³/mol. The van der Waals surface area contributed by atoms with Gasteiger partial charge in [0.2, 0.25) is 5.91 Å². The average Bonchev–Trinajstić information content (AvgIpc) is 3.30. The molecule has 1 amide bonds. The maximum atomic E-state index is 12.2. The minimum atomic E-state index is 0.414. The van der Waals surface area contributed by atoms with Gasteiger partial charge in [0.15, 0.2) is 0 Å². The molecule has 1 aromatic carbocycles. The molecule has 3 rings (SSSR count). The maximum absolute atomic E-state index is 12.2. The Labute approximate surface area is 122 Å². The van der Waals surface area contributed by atoms with E-state index in [0.29, 0.717) is 17.7 Å². The second-order valence-electron chi connectivity index (χ2n) is 6.52. The lowest BCUT2D eigenvalue weighted by molar-refractivity contribution is -0.133. The normalized spacial score (nSPS) is 22.8. The molecule has 1 aliphatic carbocycles. The van der Waals surface area contributed by atoms with Crippen molar-refractivity contribution in [2.45, 2.75) is 44.9 Å². The topological polar surface area (TPSA) is 20.3 Å². The van der Waals surface area contributed by atoms with Crippen LogP contribution in [0.4, 0.5) is 0 Å². The van der Waals surface area contributed by atoms with Crippen molar-refractivity contribution in [2.24, 2.45) is 11.8 Å². The van der Waals surface area contributed by atoms with Gasteiger partial charge in [0, 0.05) is 19.5 Å². The molecule has 1 saturated carbocycles. The van der Waals surface area contributed by atoms with E-state index in [-0.39, 0.29) is 0 Å². The number of carbonyl (C=O) groups is 1. The summed E-state index contributed by atoms with van der Waals surface area (Å²) in [5, 5.41) is 0. The smallest absolute Gasteiger partial charge is 0.222 e. The molecule has 1 atom stereocenters. The molecule has 20 heavy (non-hydrogen) atoms. The van der Waals surface area contributed by atoms with Crippen LogP contribution in [-0.4, -0.2) is 23.9 Å². The number of piperidine rings is 1. The van der Waals surface area contributed by atoms with Crippen molar-refractivity contribution < 1.29 is 4.79 Å². The minimum absolute atomic E-state index is 0.414. The van der Waals surface area contributed by atoms with Crippen molar-refractivity contribution in [2.75, 3.05) is 13.1 Å². The van der Waals surface area contributed by atoms with Gasteiger partial charge in [0.1, 0.15) is 0 Å². The summed E-state index contributed by atoms with van der Waals surface area (Å²) in [4.78, 5) is 14.3. The molecule has 2 heteroatoms. The van der Waals surface area contributed by atoms with Gasteiger partial charge in [-0.15, -0.1) is 0 Å². The van der Waals surface area contributed by atoms with Gasteiger partial charge in [-0.1, -0.05) is 30.3 Å². The molecule has 1 aliphatic heterocycles. The molecular weight excluding hydrogens is 246 g/mol. The summed E-state index contributed by atoms with van der Waals surface area (Å²) in [5.41, 5.74) is 1.42. The summed E-state index contributed by atoms with van der Waals surface area (Å²) in [7, 11) is 0. The molecule has 0 spiro atoms. The Morgan fingerprint density at radius 2 is 1.90 bits per heavy atom. The predicted octanol–water partition coefficient (Wildman–Crippen LogP) is 3.66. The minimum Gasteiger partial charge on any atom is -0.342 e. The van der Waals surface area contributed by atoms with Gasteiger partial charge in [0.25, 0.3) is 0 Å². The van der Waals surface area contributed by atoms with Gasteiger partial charge < -0.3 is 4.90 Å². The number of rotatable bonds is 5. The molecule has 1 aromatic rings. The van der Waals surface area contributed by atoms with E-state index in [2.05, 4.69) is 35.2 Å². The first-order valence-corrected chi connectivity index (χ1v) is 8.13. The van der Waals surface area contributed by atoms with Crippen molar-refractivity contribution in [3.8, 4) is 0 Å². The molecule has 0 N–H and O–H groups in total. The largest absolute Gasteiger partial charge is 0.342 e. The fraction of sp³-hybridized carbons (Fsp3) is 0.611. The summed E-state index contributed by atoms with van der Waals surface area (Å²) >= 11 is 0. The zero-order valence-electron chi connectivity index (χ0n) is 12.3. The first-order valence-electron chi connectivity index (χ1n) is 8.13. The van der Waals surface area contributed by atoms with Crippen LogP contribution in [-0.2, 0) is 11.2 Å². The van der Waals surface area contributed by atoms with E-state index < -0.39 is 0 Å². The van der Waals surface area contributed by atoms with Gasteiger partial charge in [-0.05, 0) is 55.9 Å². The molecule has 0 aromatic heterocycles. The van der Waals surface area contributed by atoms with E-state index in [1.54, 1.807) is 0 Å². The number of carbonyl (C=O) groups excluding carboxylic acids is 1. The Hall–Kier alpha value is -1.31. The van der Waals surface area contributed by atoms with Crippen LogP contribution in [0.2, 0.25) is 0 Å². The van der Waals surface area contributed by atoms with E-state index in [0.717, 1.165) is 25.9 Å². The SMILES string of the molecule is O=C(CC1CC1)N1CCC[C@@H](CCc2ccccc2)C1. The van der Waals surface area contributed by atoms with Crippen molar-refractivity contribution in [3.63, 3.8) is 0 Å². The highest BCUT2D eigenvalue weighted by Gasteiger charge is 2.29. The fourth-order valence-corrected chi connectivity index (χ4v) is 3.24. The summed E-state index contributed by atoms with van der Waals surface area (Å²) < 4.78 is 0. The van der Waals surface area contributed by atoms with Crippen molar-refractivity contribution in [1.82, 2.24) is 4.90 Å². The third-order valence-electron chi connectivity index (χ3n) is 4.72. The number of amides is 1. The maximum Gasteiger partial charge on any atom is 0.222 e. The lowest BCUT2D eigenvalue weighted by atomic mass is 9.91. The Kier molecular flexibility index (Phi) is 4.39.